The first-order valence-electron chi connectivity index (χ1n) is 6.90. The number of carbonyl (C=O) groups is 2. The van der Waals surface area contributed by atoms with E-state index in [1.807, 2.05) is 0 Å². The fourth-order valence-electron chi connectivity index (χ4n) is 1.73. The predicted octanol–water partition coefficient (Wildman–Crippen LogP) is 0.473. The summed E-state index contributed by atoms with van der Waals surface area (Å²) in [5.41, 5.74) is 0.472. The van der Waals surface area contributed by atoms with Gasteiger partial charge in [-0.3, -0.25) is 9.59 Å². The van der Waals surface area contributed by atoms with Gasteiger partial charge in [0, 0.05) is 18.5 Å². The van der Waals surface area contributed by atoms with Crippen LogP contribution < -0.4 is 14.8 Å². The number of aliphatic carboxylic acids is 1. The van der Waals surface area contributed by atoms with Crippen LogP contribution in [0.4, 0.5) is 0 Å². The molecule has 0 bridgehead atoms. The molecule has 0 radical (unpaired) electrons. The van der Waals surface area contributed by atoms with Gasteiger partial charge in [-0.1, -0.05) is 6.92 Å². The number of rotatable bonds is 8. The first-order chi connectivity index (χ1) is 10.7. The minimum Gasteiger partial charge on any atom is -0.496 e. The molecule has 0 saturated heterocycles. The molecule has 1 amide bonds. The van der Waals surface area contributed by atoms with Crippen LogP contribution >= 0.6 is 0 Å². The van der Waals surface area contributed by atoms with E-state index in [4.69, 9.17) is 9.84 Å². The SMILES string of the molecule is CCC(=O)NCc1cc(S(=O)(=O)N[C@H](C)C(=O)O)ccc1OC. The molecule has 0 aliphatic carbocycles. The molecule has 1 rings (SSSR count). The van der Waals surface area contributed by atoms with Crippen LogP contribution in [-0.4, -0.2) is 38.6 Å². The molecular formula is C14H20N2O6S. The topological polar surface area (TPSA) is 122 Å². The van der Waals surface area contributed by atoms with Gasteiger partial charge in [0.1, 0.15) is 11.8 Å². The Bertz CT molecular complexity index is 687. The summed E-state index contributed by atoms with van der Waals surface area (Å²) in [6.07, 6.45) is 0.304. The van der Waals surface area contributed by atoms with E-state index in [1.54, 1.807) is 6.92 Å². The molecule has 0 saturated carbocycles. The fraction of sp³-hybridized carbons (Fsp3) is 0.429. The maximum Gasteiger partial charge on any atom is 0.321 e. The van der Waals surface area contributed by atoms with Crippen LogP contribution in [0.3, 0.4) is 0 Å². The molecule has 0 aromatic heterocycles. The van der Waals surface area contributed by atoms with Crippen LogP contribution in [0.5, 0.6) is 5.75 Å². The molecule has 1 aromatic carbocycles. The highest BCUT2D eigenvalue weighted by Gasteiger charge is 2.22. The molecule has 23 heavy (non-hydrogen) atoms. The van der Waals surface area contributed by atoms with E-state index in [0.717, 1.165) is 0 Å². The normalized spacial score (nSPS) is 12.5. The zero-order valence-electron chi connectivity index (χ0n) is 13.1. The summed E-state index contributed by atoms with van der Waals surface area (Å²) in [5.74, 6) is -1.04. The van der Waals surface area contributed by atoms with Crippen LogP contribution in [0.1, 0.15) is 25.8 Å². The lowest BCUT2D eigenvalue weighted by Crippen LogP contribution is -2.38. The van der Waals surface area contributed by atoms with Crippen LogP contribution in [0.2, 0.25) is 0 Å². The molecule has 0 heterocycles. The van der Waals surface area contributed by atoms with E-state index in [-0.39, 0.29) is 17.3 Å². The van der Waals surface area contributed by atoms with E-state index in [1.165, 1.54) is 32.2 Å². The number of amides is 1. The summed E-state index contributed by atoms with van der Waals surface area (Å²) in [7, 11) is -2.57. The second kappa shape index (κ2) is 7.93. The number of methoxy groups -OCH3 is 1. The number of hydrogen-bond acceptors (Lipinski definition) is 5. The average Bonchev–Trinajstić information content (AvgIpc) is 2.51. The molecule has 0 fully saturated rings. The second-order valence-corrected chi connectivity index (χ2v) is 6.50. The maximum absolute atomic E-state index is 12.2. The van der Waals surface area contributed by atoms with Crippen molar-refractivity contribution in [2.75, 3.05) is 7.11 Å². The Morgan fingerprint density at radius 1 is 1.35 bits per heavy atom. The van der Waals surface area contributed by atoms with Gasteiger partial charge in [-0.2, -0.15) is 4.72 Å². The predicted molar refractivity (Wildman–Crippen MR) is 82.6 cm³/mol. The zero-order valence-corrected chi connectivity index (χ0v) is 13.9. The molecule has 0 spiro atoms. The summed E-state index contributed by atoms with van der Waals surface area (Å²) in [5, 5.41) is 11.4. The average molecular weight is 344 g/mol. The lowest BCUT2D eigenvalue weighted by atomic mass is 10.2. The molecule has 0 aliphatic rings. The van der Waals surface area contributed by atoms with Crippen molar-refractivity contribution >= 4 is 21.9 Å². The van der Waals surface area contributed by atoms with Gasteiger partial charge in [0.25, 0.3) is 0 Å². The Labute approximate surface area is 134 Å². The Balaban J connectivity index is 3.08. The van der Waals surface area contributed by atoms with Gasteiger partial charge in [-0.05, 0) is 25.1 Å². The van der Waals surface area contributed by atoms with Gasteiger partial charge in [0.2, 0.25) is 15.9 Å². The van der Waals surface area contributed by atoms with Gasteiger partial charge < -0.3 is 15.2 Å². The van der Waals surface area contributed by atoms with Crippen molar-refractivity contribution in [3.63, 3.8) is 0 Å². The molecular weight excluding hydrogens is 324 g/mol. The maximum atomic E-state index is 12.2. The Kier molecular flexibility index (Phi) is 6.52. The monoisotopic (exact) mass is 344 g/mol. The first-order valence-corrected chi connectivity index (χ1v) is 8.38. The number of carboxylic acids is 1. The van der Waals surface area contributed by atoms with E-state index in [9.17, 15) is 18.0 Å². The van der Waals surface area contributed by atoms with Crippen LogP contribution in [-0.2, 0) is 26.2 Å². The molecule has 1 atom stereocenters. The van der Waals surface area contributed by atoms with Gasteiger partial charge >= 0.3 is 5.97 Å². The summed E-state index contributed by atoms with van der Waals surface area (Å²) in [6.45, 7) is 3.03. The highest BCUT2D eigenvalue weighted by atomic mass is 32.2. The van der Waals surface area contributed by atoms with Crippen LogP contribution in [0, 0.1) is 0 Å². The van der Waals surface area contributed by atoms with Crippen LogP contribution in [0.15, 0.2) is 23.1 Å². The lowest BCUT2D eigenvalue weighted by molar-refractivity contribution is -0.138. The van der Waals surface area contributed by atoms with Gasteiger partial charge in [0.05, 0.1) is 12.0 Å². The minimum absolute atomic E-state index is 0.104. The minimum atomic E-state index is -4.00. The summed E-state index contributed by atoms with van der Waals surface area (Å²) < 4.78 is 31.6. The number of ether oxygens (including phenoxy) is 1. The molecule has 128 valence electrons. The van der Waals surface area contributed by atoms with Crippen molar-refractivity contribution in [3.8, 4) is 5.75 Å². The molecule has 9 heteroatoms. The Morgan fingerprint density at radius 3 is 2.52 bits per heavy atom. The van der Waals surface area contributed by atoms with E-state index in [2.05, 4.69) is 10.0 Å². The molecule has 8 nitrogen and oxygen atoms in total. The van der Waals surface area contributed by atoms with Crippen molar-refractivity contribution in [1.82, 2.24) is 10.0 Å². The highest BCUT2D eigenvalue weighted by molar-refractivity contribution is 7.89. The Morgan fingerprint density at radius 2 is 2.00 bits per heavy atom. The number of hydrogen-bond donors (Lipinski definition) is 3. The standard InChI is InChI=1S/C14H20N2O6S/c1-4-13(17)15-8-10-7-11(5-6-12(10)22-3)23(20,21)16-9(2)14(18)19/h5-7,9,16H,4,8H2,1-3H3,(H,15,17)(H,18,19)/t9-/m1/s1. The van der Waals surface area contributed by atoms with Crippen molar-refractivity contribution in [2.45, 2.75) is 37.8 Å². The van der Waals surface area contributed by atoms with Crippen molar-refractivity contribution in [1.29, 1.82) is 0 Å². The van der Waals surface area contributed by atoms with E-state index in [0.29, 0.717) is 17.7 Å². The van der Waals surface area contributed by atoms with Crippen LogP contribution in [0.25, 0.3) is 0 Å². The third-order valence-corrected chi connectivity index (χ3v) is 4.60. The Hall–Kier alpha value is -2.13. The van der Waals surface area contributed by atoms with Gasteiger partial charge in [-0.25, -0.2) is 8.42 Å². The van der Waals surface area contributed by atoms with Crippen molar-refractivity contribution in [3.05, 3.63) is 23.8 Å². The quantitative estimate of drug-likeness (QED) is 0.630. The number of sulfonamides is 1. The van der Waals surface area contributed by atoms with Gasteiger partial charge in [0.15, 0.2) is 0 Å². The summed E-state index contributed by atoms with van der Waals surface area (Å²) >= 11 is 0. The number of carbonyl (C=O) groups excluding carboxylic acids is 1. The molecule has 0 unspecified atom stereocenters. The fourth-order valence-corrected chi connectivity index (χ4v) is 2.98. The smallest absolute Gasteiger partial charge is 0.321 e. The van der Waals surface area contributed by atoms with E-state index >= 15 is 0 Å². The van der Waals surface area contributed by atoms with Gasteiger partial charge in [-0.15, -0.1) is 0 Å². The number of nitrogens with one attached hydrogen (secondary N) is 2. The van der Waals surface area contributed by atoms with Crippen molar-refractivity contribution < 1.29 is 27.9 Å². The molecule has 0 aliphatic heterocycles. The number of carboxylic acid groups (broad SMARTS) is 1. The van der Waals surface area contributed by atoms with Crippen molar-refractivity contribution in [2.24, 2.45) is 0 Å². The highest BCUT2D eigenvalue weighted by Crippen LogP contribution is 2.22. The molecule has 3 N–H and O–H groups in total. The number of benzene rings is 1. The lowest BCUT2D eigenvalue weighted by Gasteiger charge is -2.14. The summed E-state index contributed by atoms with van der Waals surface area (Å²) in [4.78, 5) is 22.0. The summed E-state index contributed by atoms with van der Waals surface area (Å²) in [6, 6.07) is 2.84. The third-order valence-electron chi connectivity index (χ3n) is 3.06. The zero-order chi connectivity index (χ0) is 17.6. The largest absolute Gasteiger partial charge is 0.496 e. The second-order valence-electron chi connectivity index (χ2n) is 4.79. The first kappa shape index (κ1) is 18.9. The third kappa shape index (κ3) is 5.22. The molecule has 1 aromatic rings. The van der Waals surface area contributed by atoms with E-state index < -0.39 is 22.0 Å².